The van der Waals surface area contributed by atoms with Crippen molar-refractivity contribution in [2.45, 2.75) is 19.3 Å². The highest BCUT2D eigenvalue weighted by molar-refractivity contribution is 6.30. The molecule has 0 aliphatic heterocycles. The number of benzene rings is 1. The Morgan fingerprint density at radius 1 is 1.31 bits per heavy atom. The molecule has 0 spiro atoms. The van der Waals surface area contributed by atoms with E-state index >= 15 is 0 Å². The lowest BCUT2D eigenvalue weighted by atomic mass is 9.96. The highest BCUT2D eigenvalue weighted by atomic mass is 35.5. The maximum Gasteiger partial charge on any atom is 0.307 e. The average Bonchev–Trinajstić information content (AvgIpc) is 2.19. The van der Waals surface area contributed by atoms with Crippen LogP contribution < -0.4 is 0 Å². The van der Waals surface area contributed by atoms with Gasteiger partial charge in [0.2, 0.25) is 6.43 Å². The van der Waals surface area contributed by atoms with E-state index < -0.39 is 24.7 Å². The van der Waals surface area contributed by atoms with E-state index in [4.69, 9.17) is 16.7 Å². The Morgan fingerprint density at radius 3 is 2.31 bits per heavy atom. The predicted molar refractivity (Wildman–Crippen MR) is 56.9 cm³/mol. The first-order valence-corrected chi connectivity index (χ1v) is 5.12. The molecule has 1 aromatic rings. The minimum absolute atomic E-state index is 0.0941. The third kappa shape index (κ3) is 4.14. The van der Waals surface area contributed by atoms with Gasteiger partial charge in [-0.15, -0.1) is 0 Å². The number of aliphatic carboxylic acids is 1. The van der Waals surface area contributed by atoms with Gasteiger partial charge in [-0.1, -0.05) is 23.7 Å². The average molecular weight is 249 g/mol. The van der Waals surface area contributed by atoms with Crippen LogP contribution in [0.2, 0.25) is 5.02 Å². The maximum absolute atomic E-state index is 12.1. The van der Waals surface area contributed by atoms with Crippen LogP contribution in [0.3, 0.4) is 0 Å². The van der Waals surface area contributed by atoms with Gasteiger partial charge in [-0.25, -0.2) is 8.78 Å². The summed E-state index contributed by atoms with van der Waals surface area (Å²) in [5.41, 5.74) is 0.692. The molecule has 0 aliphatic rings. The number of hydrogen-bond acceptors (Lipinski definition) is 1. The number of carboxylic acid groups (broad SMARTS) is 1. The summed E-state index contributed by atoms with van der Waals surface area (Å²) in [6.45, 7) is 0. The molecule has 1 atom stereocenters. The molecule has 88 valence electrons. The number of carbonyl (C=O) groups is 1. The minimum Gasteiger partial charge on any atom is -0.481 e. The molecular formula is C11H11ClF2O2. The zero-order chi connectivity index (χ0) is 12.1. The van der Waals surface area contributed by atoms with E-state index in [1.807, 2.05) is 0 Å². The van der Waals surface area contributed by atoms with E-state index in [9.17, 15) is 13.6 Å². The number of rotatable bonds is 5. The van der Waals surface area contributed by atoms with Crippen LogP contribution in [-0.4, -0.2) is 17.5 Å². The summed E-state index contributed by atoms with van der Waals surface area (Å²) in [6, 6.07) is 6.50. The Morgan fingerprint density at radius 2 is 1.88 bits per heavy atom. The van der Waals surface area contributed by atoms with Gasteiger partial charge in [0, 0.05) is 11.4 Å². The van der Waals surface area contributed by atoms with E-state index in [1.54, 1.807) is 24.3 Å². The van der Waals surface area contributed by atoms with Gasteiger partial charge >= 0.3 is 5.97 Å². The number of hydrogen-bond donors (Lipinski definition) is 1. The molecule has 1 N–H and O–H groups in total. The molecule has 0 aliphatic carbocycles. The zero-order valence-electron chi connectivity index (χ0n) is 8.37. The molecule has 0 amide bonds. The molecule has 0 heterocycles. The summed E-state index contributed by atoms with van der Waals surface area (Å²) in [5.74, 6) is -2.25. The molecule has 0 radical (unpaired) electrons. The first-order valence-electron chi connectivity index (χ1n) is 4.74. The van der Waals surface area contributed by atoms with E-state index in [0.29, 0.717) is 10.6 Å². The summed E-state index contributed by atoms with van der Waals surface area (Å²) >= 11 is 5.66. The van der Waals surface area contributed by atoms with Crippen molar-refractivity contribution in [3.63, 3.8) is 0 Å². The lowest BCUT2D eigenvalue weighted by Crippen LogP contribution is -2.19. The zero-order valence-corrected chi connectivity index (χ0v) is 9.12. The van der Waals surface area contributed by atoms with Gasteiger partial charge in [-0.2, -0.15) is 0 Å². The van der Waals surface area contributed by atoms with Crippen LogP contribution in [0.25, 0.3) is 0 Å². The highest BCUT2D eigenvalue weighted by Crippen LogP contribution is 2.18. The Hall–Kier alpha value is -1.16. The van der Waals surface area contributed by atoms with Crippen molar-refractivity contribution in [3.05, 3.63) is 34.9 Å². The van der Waals surface area contributed by atoms with Crippen molar-refractivity contribution < 1.29 is 18.7 Å². The van der Waals surface area contributed by atoms with Crippen LogP contribution in [0.5, 0.6) is 0 Å². The molecule has 2 nitrogen and oxygen atoms in total. The van der Waals surface area contributed by atoms with Crippen molar-refractivity contribution >= 4 is 17.6 Å². The Balaban J connectivity index is 2.68. The van der Waals surface area contributed by atoms with Gasteiger partial charge in [0.25, 0.3) is 0 Å². The largest absolute Gasteiger partial charge is 0.481 e. The van der Waals surface area contributed by atoms with Crippen molar-refractivity contribution in [3.8, 4) is 0 Å². The summed E-state index contributed by atoms with van der Waals surface area (Å²) in [6.07, 6.45) is -3.14. The number of halogens is 3. The summed E-state index contributed by atoms with van der Waals surface area (Å²) in [5, 5.41) is 9.31. The maximum atomic E-state index is 12.1. The van der Waals surface area contributed by atoms with Crippen LogP contribution in [0, 0.1) is 5.92 Å². The smallest absolute Gasteiger partial charge is 0.307 e. The van der Waals surface area contributed by atoms with Gasteiger partial charge < -0.3 is 5.11 Å². The van der Waals surface area contributed by atoms with Gasteiger partial charge in [-0.3, -0.25) is 4.79 Å². The Labute approximate surface area is 96.8 Å². The third-order valence-corrected chi connectivity index (χ3v) is 2.46. The van der Waals surface area contributed by atoms with Gasteiger partial charge in [0.1, 0.15) is 0 Å². The molecule has 0 saturated heterocycles. The van der Waals surface area contributed by atoms with Crippen LogP contribution in [-0.2, 0) is 11.2 Å². The topological polar surface area (TPSA) is 37.3 Å². The first kappa shape index (κ1) is 12.9. The van der Waals surface area contributed by atoms with Gasteiger partial charge in [-0.05, 0) is 24.1 Å². The van der Waals surface area contributed by atoms with E-state index in [0.717, 1.165) is 0 Å². The Kier molecular flexibility index (Phi) is 4.68. The molecule has 1 unspecified atom stereocenters. The molecule has 1 aromatic carbocycles. The fourth-order valence-electron chi connectivity index (χ4n) is 1.39. The van der Waals surface area contributed by atoms with Crippen molar-refractivity contribution in [1.29, 1.82) is 0 Å². The fraction of sp³-hybridized carbons (Fsp3) is 0.364. The first-order chi connectivity index (χ1) is 7.49. The fourth-order valence-corrected chi connectivity index (χ4v) is 1.52. The second-order valence-electron chi connectivity index (χ2n) is 3.49. The number of alkyl halides is 2. The Bertz CT molecular complexity index is 352. The summed E-state index contributed by atoms with van der Waals surface area (Å²) in [7, 11) is 0. The SMILES string of the molecule is O=C(O)C(Cc1ccc(Cl)cc1)CC(F)F. The molecule has 0 aromatic heterocycles. The molecule has 1 rings (SSSR count). The summed E-state index contributed by atoms with van der Waals surface area (Å²) in [4.78, 5) is 10.7. The van der Waals surface area contributed by atoms with Crippen molar-refractivity contribution in [2.24, 2.45) is 5.92 Å². The standard InChI is InChI=1S/C11H11ClF2O2/c12-9-3-1-7(2-4-9)5-8(11(15)16)6-10(13)14/h1-4,8,10H,5-6H2,(H,15,16). The third-order valence-electron chi connectivity index (χ3n) is 2.21. The minimum atomic E-state index is -2.60. The van der Waals surface area contributed by atoms with Gasteiger partial charge in [0.05, 0.1) is 5.92 Å². The molecule has 16 heavy (non-hydrogen) atoms. The highest BCUT2D eigenvalue weighted by Gasteiger charge is 2.22. The summed E-state index contributed by atoms with van der Waals surface area (Å²) < 4.78 is 24.3. The predicted octanol–water partition coefficient (Wildman–Crippen LogP) is 3.24. The monoisotopic (exact) mass is 248 g/mol. The molecular weight excluding hydrogens is 238 g/mol. The normalized spacial score (nSPS) is 12.8. The van der Waals surface area contributed by atoms with Crippen molar-refractivity contribution in [2.75, 3.05) is 0 Å². The molecule has 0 bridgehead atoms. The van der Waals surface area contributed by atoms with Crippen LogP contribution in [0.15, 0.2) is 24.3 Å². The van der Waals surface area contributed by atoms with Crippen molar-refractivity contribution in [1.82, 2.24) is 0 Å². The molecule has 0 fully saturated rings. The molecule has 5 heteroatoms. The van der Waals surface area contributed by atoms with E-state index in [-0.39, 0.29) is 6.42 Å². The van der Waals surface area contributed by atoms with Crippen LogP contribution >= 0.6 is 11.6 Å². The number of carboxylic acids is 1. The lowest BCUT2D eigenvalue weighted by Gasteiger charge is -2.11. The van der Waals surface area contributed by atoms with Crippen LogP contribution in [0.1, 0.15) is 12.0 Å². The van der Waals surface area contributed by atoms with E-state index in [2.05, 4.69) is 0 Å². The molecule has 0 saturated carbocycles. The van der Waals surface area contributed by atoms with Crippen LogP contribution in [0.4, 0.5) is 8.78 Å². The van der Waals surface area contributed by atoms with Gasteiger partial charge in [0.15, 0.2) is 0 Å². The second kappa shape index (κ2) is 5.80. The lowest BCUT2D eigenvalue weighted by molar-refractivity contribution is -0.143. The van der Waals surface area contributed by atoms with E-state index in [1.165, 1.54) is 0 Å². The second-order valence-corrected chi connectivity index (χ2v) is 3.93. The quantitative estimate of drug-likeness (QED) is 0.869.